The van der Waals surface area contributed by atoms with E-state index in [1.807, 2.05) is 13.1 Å². The summed E-state index contributed by atoms with van der Waals surface area (Å²) >= 11 is 0. The van der Waals surface area contributed by atoms with Gasteiger partial charge in [-0.1, -0.05) is 42.5 Å². The first-order chi connectivity index (χ1) is 10.3. The van der Waals surface area contributed by atoms with Gasteiger partial charge in [0.25, 0.3) is 0 Å². The average Bonchev–Trinajstić information content (AvgIpc) is 3.39. The second-order valence-corrected chi connectivity index (χ2v) is 5.55. The number of benzene rings is 2. The minimum Gasteiger partial charge on any atom is -0.373 e. The van der Waals surface area contributed by atoms with Gasteiger partial charge >= 0.3 is 0 Å². The zero-order chi connectivity index (χ0) is 14.2. The monoisotopic (exact) mass is 275 g/mol. The summed E-state index contributed by atoms with van der Waals surface area (Å²) < 4.78 is 0. The lowest BCUT2D eigenvalue weighted by molar-refractivity contribution is 0.933. The number of hydrogen-bond acceptors (Lipinski definition) is 3. The fraction of sp³-hybridized carbons (Fsp3) is 0.222. The summed E-state index contributed by atoms with van der Waals surface area (Å²) in [6, 6.07) is 16.9. The maximum absolute atomic E-state index is 4.81. The highest BCUT2D eigenvalue weighted by Gasteiger charge is 2.27. The highest BCUT2D eigenvalue weighted by Crippen LogP contribution is 2.39. The van der Waals surface area contributed by atoms with Gasteiger partial charge in [0.05, 0.1) is 5.69 Å². The Labute approximate surface area is 124 Å². The van der Waals surface area contributed by atoms with E-state index in [9.17, 15) is 0 Å². The van der Waals surface area contributed by atoms with Crippen LogP contribution in [-0.2, 0) is 0 Å². The van der Waals surface area contributed by atoms with Crippen LogP contribution in [0.3, 0.4) is 0 Å². The highest BCUT2D eigenvalue weighted by atomic mass is 15.0. The zero-order valence-electron chi connectivity index (χ0n) is 12.0. The molecule has 1 aliphatic carbocycles. The predicted molar refractivity (Wildman–Crippen MR) is 86.5 cm³/mol. The largest absolute Gasteiger partial charge is 0.373 e. The maximum atomic E-state index is 4.81. The van der Waals surface area contributed by atoms with E-state index in [4.69, 9.17) is 4.98 Å². The van der Waals surface area contributed by atoms with E-state index in [-0.39, 0.29) is 0 Å². The lowest BCUT2D eigenvalue weighted by atomic mass is 10.0. The normalized spacial score (nSPS) is 14.3. The Balaban J connectivity index is 1.93. The Kier molecular flexibility index (Phi) is 2.85. The summed E-state index contributed by atoms with van der Waals surface area (Å²) in [5.74, 6) is 2.42. The SMILES string of the molecule is CNc1cc(-c2cccc3ccccc23)nc(C2CC2)n1. The molecule has 3 aromatic rings. The Morgan fingerprint density at radius 1 is 1.00 bits per heavy atom. The maximum Gasteiger partial charge on any atom is 0.134 e. The highest BCUT2D eigenvalue weighted by molar-refractivity contribution is 5.96. The molecule has 1 aliphatic rings. The molecule has 0 radical (unpaired) electrons. The minimum absolute atomic E-state index is 0.548. The predicted octanol–water partition coefficient (Wildman–Crippen LogP) is 4.22. The molecule has 0 atom stereocenters. The summed E-state index contributed by atoms with van der Waals surface area (Å²) in [7, 11) is 1.91. The van der Waals surface area contributed by atoms with Crippen LogP contribution >= 0.6 is 0 Å². The van der Waals surface area contributed by atoms with Crippen LogP contribution in [0.5, 0.6) is 0 Å². The van der Waals surface area contributed by atoms with Crippen molar-refractivity contribution in [1.29, 1.82) is 0 Å². The molecular formula is C18H17N3. The van der Waals surface area contributed by atoms with Crippen molar-refractivity contribution in [3.8, 4) is 11.3 Å². The number of nitrogens with one attached hydrogen (secondary N) is 1. The third-order valence-electron chi connectivity index (χ3n) is 4.01. The van der Waals surface area contributed by atoms with Crippen molar-refractivity contribution in [1.82, 2.24) is 9.97 Å². The Hall–Kier alpha value is -2.42. The first kappa shape index (κ1) is 12.3. The van der Waals surface area contributed by atoms with Crippen LogP contribution in [0.1, 0.15) is 24.6 Å². The Morgan fingerprint density at radius 3 is 2.62 bits per heavy atom. The molecule has 1 fully saturated rings. The van der Waals surface area contributed by atoms with Crippen LogP contribution in [0.15, 0.2) is 48.5 Å². The second-order valence-electron chi connectivity index (χ2n) is 5.55. The van der Waals surface area contributed by atoms with Crippen molar-refractivity contribution >= 4 is 16.6 Å². The van der Waals surface area contributed by atoms with Crippen molar-refractivity contribution in [2.45, 2.75) is 18.8 Å². The molecule has 104 valence electrons. The molecule has 3 nitrogen and oxygen atoms in total. The van der Waals surface area contributed by atoms with Crippen LogP contribution in [0.4, 0.5) is 5.82 Å². The number of hydrogen-bond donors (Lipinski definition) is 1. The number of fused-ring (bicyclic) bond motifs is 1. The fourth-order valence-corrected chi connectivity index (χ4v) is 2.70. The molecule has 0 saturated heterocycles. The van der Waals surface area contributed by atoms with Crippen molar-refractivity contribution < 1.29 is 0 Å². The van der Waals surface area contributed by atoms with E-state index in [0.717, 1.165) is 17.3 Å². The van der Waals surface area contributed by atoms with E-state index < -0.39 is 0 Å². The molecule has 4 rings (SSSR count). The van der Waals surface area contributed by atoms with Gasteiger partial charge in [0.1, 0.15) is 11.6 Å². The lowest BCUT2D eigenvalue weighted by Crippen LogP contribution is -2.00. The summed E-state index contributed by atoms with van der Waals surface area (Å²) in [6.07, 6.45) is 2.42. The molecule has 21 heavy (non-hydrogen) atoms. The van der Waals surface area contributed by atoms with E-state index in [1.165, 1.54) is 29.2 Å². The topological polar surface area (TPSA) is 37.8 Å². The van der Waals surface area contributed by atoms with Gasteiger partial charge in [-0.25, -0.2) is 9.97 Å². The molecule has 0 unspecified atom stereocenters. The molecule has 1 saturated carbocycles. The average molecular weight is 275 g/mol. The van der Waals surface area contributed by atoms with Crippen LogP contribution < -0.4 is 5.32 Å². The fourth-order valence-electron chi connectivity index (χ4n) is 2.70. The second kappa shape index (κ2) is 4.85. The van der Waals surface area contributed by atoms with Gasteiger partial charge in [0.15, 0.2) is 0 Å². The van der Waals surface area contributed by atoms with Crippen LogP contribution in [-0.4, -0.2) is 17.0 Å². The first-order valence-corrected chi connectivity index (χ1v) is 7.40. The molecule has 0 bridgehead atoms. The van der Waals surface area contributed by atoms with E-state index in [0.29, 0.717) is 5.92 Å². The van der Waals surface area contributed by atoms with E-state index >= 15 is 0 Å². The number of rotatable bonds is 3. The van der Waals surface area contributed by atoms with E-state index in [1.54, 1.807) is 0 Å². The number of nitrogens with zero attached hydrogens (tertiary/aromatic N) is 2. The van der Waals surface area contributed by atoms with Gasteiger partial charge < -0.3 is 5.32 Å². The molecule has 1 heterocycles. The molecule has 1 N–H and O–H groups in total. The van der Waals surface area contributed by atoms with Crippen molar-refractivity contribution in [3.63, 3.8) is 0 Å². The molecule has 3 heteroatoms. The summed E-state index contributed by atoms with van der Waals surface area (Å²) in [5.41, 5.74) is 2.18. The minimum atomic E-state index is 0.548. The lowest BCUT2D eigenvalue weighted by Gasteiger charge is -2.10. The quantitative estimate of drug-likeness (QED) is 0.778. The van der Waals surface area contributed by atoms with Gasteiger partial charge in [-0.3, -0.25) is 0 Å². The van der Waals surface area contributed by atoms with Gasteiger partial charge in [0.2, 0.25) is 0 Å². The molecular weight excluding hydrogens is 258 g/mol. The summed E-state index contributed by atoms with van der Waals surface area (Å²) in [4.78, 5) is 9.41. The third-order valence-corrected chi connectivity index (χ3v) is 4.01. The van der Waals surface area contributed by atoms with Gasteiger partial charge in [-0.2, -0.15) is 0 Å². The van der Waals surface area contributed by atoms with Gasteiger partial charge in [-0.05, 0) is 23.6 Å². The Morgan fingerprint density at radius 2 is 1.81 bits per heavy atom. The smallest absolute Gasteiger partial charge is 0.134 e. The molecule has 1 aromatic heterocycles. The van der Waals surface area contributed by atoms with E-state index in [2.05, 4.69) is 52.8 Å². The van der Waals surface area contributed by atoms with Crippen LogP contribution in [0, 0.1) is 0 Å². The van der Waals surface area contributed by atoms with Crippen molar-refractivity contribution in [2.75, 3.05) is 12.4 Å². The first-order valence-electron chi connectivity index (χ1n) is 7.40. The van der Waals surface area contributed by atoms with Crippen molar-refractivity contribution in [3.05, 3.63) is 54.4 Å². The third kappa shape index (κ3) is 2.25. The Bertz CT molecular complexity index is 801. The van der Waals surface area contributed by atoms with Crippen molar-refractivity contribution in [2.24, 2.45) is 0 Å². The van der Waals surface area contributed by atoms with Crippen LogP contribution in [0.2, 0.25) is 0 Å². The number of aromatic nitrogens is 2. The van der Waals surface area contributed by atoms with Gasteiger partial charge in [-0.15, -0.1) is 0 Å². The summed E-state index contributed by atoms with van der Waals surface area (Å²) in [5, 5.41) is 5.64. The zero-order valence-corrected chi connectivity index (χ0v) is 12.0. The number of anilines is 1. The molecule has 0 amide bonds. The standard InChI is InChI=1S/C18H17N3/c1-19-17-11-16(20-18(21-17)13-9-10-13)15-8-4-6-12-5-2-3-7-14(12)15/h2-8,11,13H,9-10H2,1H3,(H,19,20,21). The molecule has 0 spiro atoms. The van der Waals surface area contributed by atoms with Gasteiger partial charge in [0, 0.05) is 24.6 Å². The van der Waals surface area contributed by atoms with Crippen LogP contribution in [0.25, 0.3) is 22.0 Å². The molecule has 0 aliphatic heterocycles. The molecule has 2 aromatic carbocycles. The summed E-state index contributed by atoms with van der Waals surface area (Å²) in [6.45, 7) is 0.